The van der Waals surface area contributed by atoms with Crippen molar-refractivity contribution in [1.82, 2.24) is 9.47 Å². The quantitative estimate of drug-likeness (QED) is 0.390. The van der Waals surface area contributed by atoms with Gasteiger partial charge in [0.05, 0.1) is 11.6 Å². The molecular formula is C32H36N2O4. The zero-order valence-corrected chi connectivity index (χ0v) is 22.2. The molecule has 2 atom stereocenters. The normalized spacial score (nSPS) is 22.7. The van der Waals surface area contributed by atoms with Gasteiger partial charge in [-0.05, 0) is 73.8 Å². The minimum absolute atomic E-state index is 0.0460. The number of hydrogen-bond donors (Lipinski definition) is 1. The molecule has 0 unspecified atom stereocenters. The highest BCUT2D eigenvalue weighted by Crippen LogP contribution is 2.49. The van der Waals surface area contributed by atoms with E-state index in [2.05, 4.69) is 24.3 Å². The summed E-state index contributed by atoms with van der Waals surface area (Å²) < 4.78 is 8.09. The molecule has 0 spiro atoms. The molecule has 198 valence electrons. The minimum atomic E-state index is -0.983. The van der Waals surface area contributed by atoms with Crippen LogP contribution in [0.15, 0.2) is 77.7 Å². The summed E-state index contributed by atoms with van der Waals surface area (Å²) in [5.41, 5.74) is 2.14. The third kappa shape index (κ3) is 5.02. The second kappa shape index (κ2) is 9.42. The smallest absolute Gasteiger partial charge is 0.411 e. The molecule has 3 aliphatic rings. The molecule has 1 amide bonds. The van der Waals surface area contributed by atoms with Crippen molar-refractivity contribution in [2.45, 2.75) is 75.7 Å². The number of benzene rings is 2. The molecular weight excluding hydrogens is 476 g/mol. The predicted molar refractivity (Wildman–Crippen MR) is 147 cm³/mol. The molecule has 6 rings (SSSR count). The minimum Gasteiger partial charge on any atom is -0.438 e. The molecule has 1 N–H and O–H groups in total. The molecule has 2 aliphatic carbocycles. The summed E-state index contributed by atoms with van der Waals surface area (Å²) in [5.74, 6) is 0.411. The highest BCUT2D eigenvalue weighted by molar-refractivity contribution is 5.71. The van der Waals surface area contributed by atoms with Crippen LogP contribution < -0.4 is 5.56 Å². The van der Waals surface area contributed by atoms with Crippen molar-refractivity contribution in [2.75, 3.05) is 6.54 Å². The molecule has 1 saturated heterocycles. The van der Waals surface area contributed by atoms with Gasteiger partial charge in [-0.3, -0.25) is 4.79 Å². The van der Waals surface area contributed by atoms with Gasteiger partial charge in [-0.2, -0.15) is 0 Å². The van der Waals surface area contributed by atoms with Gasteiger partial charge >= 0.3 is 6.09 Å². The van der Waals surface area contributed by atoms with Crippen molar-refractivity contribution in [3.63, 3.8) is 0 Å². The van der Waals surface area contributed by atoms with Crippen LogP contribution in [0.2, 0.25) is 0 Å². The van der Waals surface area contributed by atoms with Gasteiger partial charge in [-0.25, -0.2) is 4.79 Å². The maximum atomic E-state index is 13.6. The maximum absolute atomic E-state index is 13.6. The summed E-state index contributed by atoms with van der Waals surface area (Å²) >= 11 is 0. The van der Waals surface area contributed by atoms with Crippen LogP contribution >= 0.6 is 0 Å². The number of carbonyl (C=O) groups is 1. The molecule has 0 bridgehead atoms. The number of rotatable bonds is 8. The topological polar surface area (TPSA) is 71.8 Å². The summed E-state index contributed by atoms with van der Waals surface area (Å²) in [5, 5.41) is 10.7. The van der Waals surface area contributed by atoms with Crippen molar-refractivity contribution in [3.8, 4) is 11.1 Å². The fraction of sp³-hybridized carbons (Fsp3) is 0.438. The Balaban J connectivity index is 1.24. The first-order valence-corrected chi connectivity index (χ1v) is 13.8. The molecule has 2 aromatic carbocycles. The molecule has 6 heteroatoms. The van der Waals surface area contributed by atoms with Crippen molar-refractivity contribution in [1.29, 1.82) is 0 Å². The lowest BCUT2D eigenvalue weighted by atomic mass is 9.80. The van der Waals surface area contributed by atoms with Crippen LogP contribution in [-0.2, 0) is 10.3 Å². The van der Waals surface area contributed by atoms with Gasteiger partial charge in [0.25, 0.3) is 5.56 Å². The van der Waals surface area contributed by atoms with Gasteiger partial charge in [-0.1, -0.05) is 54.6 Å². The lowest BCUT2D eigenvalue weighted by Crippen LogP contribution is -2.51. The SMILES string of the molecule is CC(C)(O)C[C@]1(c2ccccc2)CCN([C@H](c2ccc(-c3ccn(C4CC4)c(=O)c3)cc2)C2CC2)C(=O)O1. The van der Waals surface area contributed by atoms with Crippen molar-refractivity contribution < 1.29 is 14.6 Å². The summed E-state index contributed by atoms with van der Waals surface area (Å²) in [4.78, 5) is 28.0. The first kappa shape index (κ1) is 24.9. The van der Waals surface area contributed by atoms with Gasteiger partial charge < -0.3 is 19.3 Å². The number of aromatic nitrogens is 1. The Labute approximate surface area is 223 Å². The second-order valence-corrected chi connectivity index (χ2v) is 12.0. The third-order valence-electron chi connectivity index (χ3n) is 8.17. The van der Waals surface area contributed by atoms with Crippen molar-refractivity contribution in [2.24, 2.45) is 5.92 Å². The number of aliphatic hydroxyl groups is 1. The Morgan fingerprint density at radius 2 is 1.68 bits per heavy atom. The first-order valence-electron chi connectivity index (χ1n) is 13.8. The average molecular weight is 513 g/mol. The van der Waals surface area contributed by atoms with Crippen LogP contribution in [0.25, 0.3) is 11.1 Å². The van der Waals surface area contributed by atoms with Gasteiger partial charge in [0.1, 0.15) is 5.60 Å². The van der Waals surface area contributed by atoms with E-state index in [4.69, 9.17) is 4.74 Å². The van der Waals surface area contributed by atoms with Crippen LogP contribution in [0.5, 0.6) is 0 Å². The fourth-order valence-electron chi connectivity index (χ4n) is 6.11. The number of pyridine rings is 1. The lowest BCUT2D eigenvalue weighted by Gasteiger charge is -2.46. The molecule has 2 heterocycles. The molecule has 3 aromatic rings. The van der Waals surface area contributed by atoms with Crippen molar-refractivity contribution in [3.05, 3.63) is 94.4 Å². The van der Waals surface area contributed by atoms with Crippen LogP contribution in [0.3, 0.4) is 0 Å². The molecule has 1 aromatic heterocycles. The van der Waals surface area contributed by atoms with Crippen LogP contribution in [0, 0.1) is 5.92 Å². The zero-order valence-electron chi connectivity index (χ0n) is 22.2. The summed E-state index contributed by atoms with van der Waals surface area (Å²) in [7, 11) is 0. The second-order valence-electron chi connectivity index (χ2n) is 12.0. The molecule has 1 aliphatic heterocycles. The van der Waals surface area contributed by atoms with E-state index in [1.54, 1.807) is 19.9 Å². The van der Waals surface area contributed by atoms with Crippen molar-refractivity contribution >= 4 is 6.09 Å². The number of cyclic esters (lactones) is 1. The molecule has 38 heavy (non-hydrogen) atoms. The Bertz CT molecular complexity index is 1370. The highest BCUT2D eigenvalue weighted by Gasteiger charge is 2.49. The van der Waals surface area contributed by atoms with E-state index in [0.717, 1.165) is 47.9 Å². The Morgan fingerprint density at radius 1 is 0.974 bits per heavy atom. The summed E-state index contributed by atoms with van der Waals surface area (Å²) in [6, 6.07) is 22.2. The van der Waals surface area contributed by atoms with E-state index in [1.807, 2.05) is 52.1 Å². The standard InChI is InChI=1S/C32H36N2O4/c1-31(2,37)21-32(26-6-4-3-5-7-26)17-19-34(30(36)38-32)29(24-12-13-24)23-10-8-22(9-11-23)25-16-18-33(27-14-15-27)28(35)20-25/h3-11,16,18,20,24,27,29,37H,12-15,17,19,21H2,1-2H3/t29-,32+/m1/s1. The Hall–Kier alpha value is -3.38. The first-order chi connectivity index (χ1) is 18.2. The Morgan fingerprint density at radius 3 is 2.26 bits per heavy atom. The third-order valence-corrected chi connectivity index (χ3v) is 8.17. The number of ether oxygens (including phenoxy) is 1. The number of carbonyl (C=O) groups excluding carboxylic acids is 1. The molecule has 0 radical (unpaired) electrons. The summed E-state index contributed by atoms with van der Waals surface area (Å²) in [6.07, 6.45) is 6.88. The number of amides is 1. The summed E-state index contributed by atoms with van der Waals surface area (Å²) in [6.45, 7) is 4.09. The predicted octanol–water partition coefficient (Wildman–Crippen LogP) is 6.20. The van der Waals surface area contributed by atoms with E-state index in [0.29, 0.717) is 31.3 Å². The zero-order chi connectivity index (χ0) is 26.5. The largest absolute Gasteiger partial charge is 0.438 e. The van der Waals surface area contributed by atoms with Gasteiger partial charge in [0.2, 0.25) is 0 Å². The van der Waals surface area contributed by atoms with Gasteiger partial charge in [0.15, 0.2) is 0 Å². The average Bonchev–Trinajstić information content (AvgIpc) is 3.80. The van der Waals surface area contributed by atoms with E-state index >= 15 is 0 Å². The number of nitrogens with zero attached hydrogens (tertiary/aromatic N) is 2. The van der Waals surface area contributed by atoms with Crippen LogP contribution in [0.1, 0.15) is 75.6 Å². The molecule has 3 fully saturated rings. The Kier molecular flexibility index (Phi) is 6.18. The lowest BCUT2D eigenvalue weighted by molar-refractivity contribution is -0.103. The molecule has 6 nitrogen and oxygen atoms in total. The number of hydrogen-bond acceptors (Lipinski definition) is 4. The van der Waals surface area contributed by atoms with Crippen LogP contribution in [0.4, 0.5) is 4.79 Å². The fourth-order valence-corrected chi connectivity index (χ4v) is 6.11. The molecule has 2 saturated carbocycles. The maximum Gasteiger partial charge on any atom is 0.411 e. The van der Waals surface area contributed by atoms with E-state index in [1.165, 1.54) is 0 Å². The monoisotopic (exact) mass is 512 g/mol. The van der Waals surface area contributed by atoms with E-state index in [-0.39, 0.29) is 17.7 Å². The van der Waals surface area contributed by atoms with Gasteiger partial charge in [-0.15, -0.1) is 0 Å². The van der Waals surface area contributed by atoms with Gasteiger partial charge in [0, 0.05) is 37.7 Å². The van der Waals surface area contributed by atoms with E-state index in [9.17, 15) is 14.7 Å². The van der Waals surface area contributed by atoms with E-state index < -0.39 is 11.2 Å². The van der Waals surface area contributed by atoms with Crippen LogP contribution in [-0.4, -0.2) is 32.8 Å². The highest BCUT2D eigenvalue weighted by atomic mass is 16.6.